The maximum Gasteiger partial charge on any atom is 0.169 e. The van der Waals surface area contributed by atoms with E-state index in [0.717, 1.165) is 5.56 Å². The molecule has 0 saturated heterocycles. The Bertz CT molecular complexity index is 266. The van der Waals surface area contributed by atoms with Gasteiger partial charge in [-0.25, -0.2) is 0 Å². The fraction of sp³-hybridized carbons (Fsp3) is 0.444. The number of nitrogens with zero attached hydrogens (tertiary/aromatic N) is 1. The summed E-state index contributed by atoms with van der Waals surface area (Å²) in [7, 11) is 0. The molecule has 1 N–H and O–H groups in total. The van der Waals surface area contributed by atoms with Gasteiger partial charge in [0, 0.05) is 12.2 Å². The van der Waals surface area contributed by atoms with Gasteiger partial charge in [0.1, 0.15) is 0 Å². The largest absolute Gasteiger partial charge is 0.396 e. The first kappa shape index (κ1) is 10.2. The molecule has 0 radical (unpaired) electrons. The van der Waals surface area contributed by atoms with E-state index in [2.05, 4.69) is 6.07 Å². The van der Waals surface area contributed by atoms with Crippen molar-refractivity contribution in [3.63, 3.8) is 0 Å². The molecule has 1 aromatic rings. The lowest BCUT2D eigenvalue weighted by atomic mass is 10.2. The maximum absolute atomic E-state index is 8.76. The van der Waals surface area contributed by atoms with Crippen LogP contribution in [0.25, 0.3) is 0 Å². The Labute approximate surface area is 81.2 Å². The first-order valence-electron chi connectivity index (χ1n) is 4.02. The summed E-state index contributed by atoms with van der Waals surface area (Å²) in [5, 5.41) is 21.1. The molecule has 0 spiro atoms. The Balaban J connectivity index is 2.41. The number of nitriles is 1. The smallest absolute Gasteiger partial charge is 0.169 e. The van der Waals surface area contributed by atoms with Crippen LogP contribution in [0.1, 0.15) is 18.1 Å². The molecule has 1 aromatic heterocycles. The van der Waals surface area contributed by atoms with Crippen LogP contribution in [0.3, 0.4) is 0 Å². The van der Waals surface area contributed by atoms with E-state index in [0.29, 0.717) is 13.0 Å². The Morgan fingerprint density at radius 1 is 1.69 bits per heavy atom. The minimum absolute atomic E-state index is 0.0990. The number of hydrogen-bond donors (Lipinski definition) is 1. The molecule has 0 saturated carbocycles. The molecule has 13 heavy (non-hydrogen) atoms. The van der Waals surface area contributed by atoms with Gasteiger partial charge in [0.25, 0.3) is 0 Å². The number of ether oxygens (including phenoxy) is 1. The fourth-order valence-corrected chi connectivity index (χ4v) is 1.57. The summed E-state index contributed by atoms with van der Waals surface area (Å²) in [6, 6.07) is 3.94. The highest BCUT2D eigenvalue weighted by Crippen LogP contribution is 2.19. The van der Waals surface area contributed by atoms with Gasteiger partial charge >= 0.3 is 0 Å². The third-order valence-corrected chi connectivity index (χ3v) is 2.25. The molecular formula is C9H11NO2S. The van der Waals surface area contributed by atoms with Crippen LogP contribution >= 0.6 is 11.3 Å². The third-order valence-electron chi connectivity index (χ3n) is 1.55. The Morgan fingerprint density at radius 3 is 3.08 bits per heavy atom. The van der Waals surface area contributed by atoms with Crippen molar-refractivity contribution in [2.24, 2.45) is 0 Å². The van der Waals surface area contributed by atoms with E-state index in [9.17, 15) is 0 Å². The Hall–Kier alpha value is -0.890. The van der Waals surface area contributed by atoms with E-state index in [4.69, 9.17) is 15.1 Å². The van der Waals surface area contributed by atoms with E-state index in [-0.39, 0.29) is 6.61 Å². The average molecular weight is 197 g/mol. The van der Waals surface area contributed by atoms with Gasteiger partial charge in [-0.05, 0) is 23.2 Å². The van der Waals surface area contributed by atoms with Gasteiger partial charge in [-0.15, -0.1) is 0 Å². The molecule has 3 nitrogen and oxygen atoms in total. The van der Waals surface area contributed by atoms with Crippen LogP contribution in [0.4, 0.5) is 0 Å². The van der Waals surface area contributed by atoms with Gasteiger partial charge in [-0.1, -0.05) is 0 Å². The monoisotopic (exact) mass is 197 g/mol. The van der Waals surface area contributed by atoms with Gasteiger partial charge in [-0.3, -0.25) is 0 Å². The van der Waals surface area contributed by atoms with Crippen LogP contribution in [0.15, 0.2) is 16.8 Å². The van der Waals surface area contributed by atoms with Gasteiger partial charge in [-0.2, -0.15) is 16.6 Å². The third kappa shape index (κ3) is 3.15. The first-order valence-corrected chi connectivity index (χ1v) is 4.97. The van der Waals surface area contributed by atoms with Gasteiger partial charge in [0.05, 0.1) is 12.7 Å². The molecule has 1 heterocycles. The van der Waals surface area contributed by atoms with Crippen molar-refractivity contribution < 1.29 is 9.84 Å². The molecule has 70 valence electrons. The number of hydrogen-bond acceptors (Lipinski definition) is 4. The zero-order chi connectivity index (χ0) is 9.52. The molecule has 1 rings (SSSR count). The van der Waals surface area contributed by atoms with Crippen molar-refractivity contribution in [2.75, 3.05) is 13.2 Å². The van der Waals surface area contributed by atoms with Crippen LogP contribution in [-0.4, -0.2) is 18.3 Å². The predicted molar refractivity (Wildman–Crippen MR) is 50.3 cm³/mol. The van der Waals surface area contributed by atoms with Crippen LogP contribution < -0.4 is 0 Å². The van der Waals surface area contributed by atoms with Crippen LogP contribution in [0.2, 0.25) is 0 Å². The van der Waals surface area contributed by atoms with Crippen LogP contribution in [0.5, 0.6) is 0 Å². The average Bonchev–Trinajstić information content (AvgIpc) is 2.65. The number of aliphatic hydroxyl groups excluding tert-OH is 1. The highest BCUT2D eigenvalue weighted by atomic mass is 32.1. The van der Waals surface area contributed by atoms with Crippen LogP contribution in [0, 0.1) is 11.3 Å². The lowest BCUT2D eigenvalue weighted by Crippen LogP contribution is -2.03. The topological polar surface area (TPSA) is 53.2 Å². The molecule has 0 fully saturated rings. The molecular weight excluding hydrogens is 186 g/mol. The first-order chi connectivity index (χ1) is 6.38. The minimum Gasteiger partial charge on any atom is -0.396 e. The van der Waals surface area contributed by atoms with Crippen molar-refractivity contribution in [2.45, 2.75) is 12.5 Å². The van der Waals surface area contributed by atoms with Gasteiger partial charge < -0.3 is 9.84 Å². The van der Waals surface area contributed by atoms with E-state index >= 15 is 0 Å². The van der Waals surface area contributed by atoms with Crippen molar-refractivity contribution in [1.29, 1.82) is 5.26 Å². The van der Waals surface area contributed by atoms with E-state index < -0.39 is 6.10 Å². The summed E-state index contributed by atoms with van der Waals surface area (Å²) in [5.74, 6) is 0. The van der Waals surface area contributed by atoms with Gasteiger partial charge in [0.15, 0.2) is 6.10 Å². The Morgan fingerprint density at radius 2 is 2.54 bits per heavy atom. The molecule has 0 aliphatic rings. The number of thiophene rings is 1. The summed E-state index contributed by atoms with van der Waals surface area (Å²) in [6.07, 6.45) is 0.0836. The molecule has 1 unspecified atom stereocenters. The SMILES string of the molecule is N#CC(OCCCO)c1ccsc1. The molecule has 1 atom stereocenters. The lowest BCUT2D eigenvalue weighted by Gasteiger charge is -2.07. The van der Waals surface area contributed by atoms with Crippen LogP contribution in [-0.2, 0) is 4.74 Å². The number of aliphatic hydroxyl groups is 1. The normalized spacial score (nSPS) is 12.3. The summed E-state index contributed by atoms with van der Waals surface area (Å²) in [5.41, 5.74) is 0.894. The van der Waals surface area contributed by atoms with Crippen molar-refractivity contribution in [3.8, 4) is 6.07 Å². The maximum atomic E-state index is 8.76. The molecule has 0 aromatic carbocycles. The second-order valence-electron chi connectivity index (χ2n) is 2.51. The molecule has 0 aliphatic heterocycles. The fourth-order valence-electron chi connectivity index (χ4n) is 0.898. The number of rotatable bonds is 5. The molecule has 0 aliphatic carbocycles. The minimum atomic E-state index is -0.488. The molecule has 0 amide bonds. The highest BCUT2D eigenvalue weighted by molar-refractivity contribution is 7.07. The van der Waals surface area contributed by atoms with E-state index in [1.54, 1.807) is 11.3 Å². The molecule has 0 bridgehead atoms. The van der Waals surface area contributed by atoms with Crippen molar-refractivity contribution in [1.82, 2.24) is 0 Å². The standard InChI is InChI=1S/C9H11NO2S/c10-6-9(12-4-1-3-11)8-2-5-13-7-8/h2,5,7,9,11H,1,3-4H2. The van der Waals surface area contributed by atoms with E-state index in [1.165, 1.54) is 0 Å². The summed E-state index contributed by atoms with van der Waals surface area (Å²) in [6.45, 7) is 0.520. The van der Waals surface area contributed by atoms with Gasteiger partial charge in [0.2, 0.25) is 0 Å². The summed E-state index contributed by atoms with van der Waals surface area (Å²) >= 11 is 1.54. The summed E-state index contributed by atoms with van der Waals surface area (Å²) in [4.78, 5) is 0. The van der Waals surface area contributed by atoms with Crippen molar-refractivity contribution >= 4 is 11.3 Å². The zero-order valence-electron chi connectivity index (χ0n) is 7.14. The van der Waals surface area contributed by atoms with Crippen molar-refractivity contribution in [3.05, 3.63) is 22.4 Å². The molecule has 4 heteroatoms. The van der Waals surface area contributed by atoms with E-state index in [1.807, 2.05) is 16.8 Å². The highest BCUT2D eigenvalue weighted by Gasteiger charge is 2.10. The lowest BCUT2D eigenvalue weighted by molar-refractivity contribution is 0.0776. The second-order valence-corrected chi connectivity index (χ2v) is 3.29. The Kier molecular flexibility index (Phi) is 4.47. The zero-order valence-corrected chi connectivity index (χ0v) is 7.96. The predicted octanol–water partition coefficient (Wildman–Crippen LogP) is 1.71. The summed E-state index contributed by atoms with van der Waals surface area (Å²) < 4.78 is 5.26. The quantitative estimate of drug-likeness (QED) is 0.731. The second kappa shape index (κ2) is 5.70.